The van der Waals surface area contributed by atoms with Gasteiger partial charge in [-0.25, -0.2) is 8.42 Å². The van der Waals surface area contributed by atoms with Gasteiger partial charge in [0.1, 0.15) is 0 Å². The molecule has 1 aromatic carbocycles. The van der Waals surface area contributed by atoms with Crippen molar-refractivity contribution in [1.82, 2.24) is 4.98 Å². The van der Waals surface area contributed by atoms with Crippen LogP contribution in [0.1, 0.15) is 29.1 Å². The van der Waals surface area contributed by atoms with Crippen LogP contribution in [0.25, 0.3) is 10.8 Å². The molecular formula is C16H23BN2O4S. The van der Waals surface area contributed by atoms with Crippen LogP contribution in [-0.4, -0.2) is 38.0 Å². The molecule has 130 valence electrons. The molecule has 1 aliphatic heterocycles. The molecule has 1 aromatic heterocycles. The highest BCUT2D eigenvalue weighted by Crippen LogP contribution is 2.36. The molecule has 0 bridgehead atoms. The van der Waals surface area contributed by atoms with Crippen LogP contribution in [0.4, 0.5) is 5.69 Å². The van der Waals surface area contributed by atoms with E-state index >= 15 is 0 Å². The fraction of sp³-hybridized carbons (Fsp3) is 0.438. The largest absolute Gasteiger partial charge is 0.514 e. The van der Waals surface area contributed by atoms with E-state index in [-0.39, 0.29) is 1.43 Å². The van der Waals surface area contributed by atoms with Gasteiger partial charge in [0.2, 0.25) is 10.0 Å². The minimum atomic E-state index is -3.30. The van der Waals surface area contributed by atoms with Gasteiger partial charge in [0.25, 0.3) is 0 Å². The van der Waals surface area contributed by atoms with Gasteiger partial charge in [0, 0.05) is 18.7 Å². The van der Waals surface area contributed by atoms with Crippen LogP contribution in [0.15, 0.2) is 30.5 Å². The summed E-state index contributed by atoms with van der Waals surface area (Å²) >= 11 is 0. The van der Waals surface area contributed by atoms with E-state index in [9.17, 15) is 8.42 Å². The van der Waals surface area contributed by atoms with Gasteiger partial charge in [-0.3, -0.25) is 9.71 Å². The molecule has 1 fully saturated rings. The molecule has 1 N–H and O–H groups in total. The third-order valence-corrected chi connectivity index (χ3v) is 5.15. The molecule has 0 spiro atoms. The Morgan fingerprint density at radius 1 is 1.08 bits per heavy atom. The Kier molecular flexibility index (Phi) is 3.90. The van der Waals surface area contributed by atoms with Gasteiger partial charge in [-0.1, -0.05) is 6.07 Å². The first-order chi connectivity index (χ1) is 11.0. The summed E-state index contributed by atoms with van der Waals surface area (Å²) in [6, 6.07) is 7.22. The zero-order valence-electron chi connectivity index (χ0n) is 14.5. The number of fused-ring (bicyclic) bond motifs is 1. The maximum atomic E-state index is 11.3. The molecule has 0 saturated carbocycles. The summed E-state index contributed by atoms with van der Waals surface area (Å²) in [5, 5.41) is 1.78. The van der Waals surface area contributed by atoms with Crippen molar-refractivity contribution in [2.75, 3.05) is 11.0 Å². The van der Waals surface area contributed by atoms with Crippen molar-refractivity contribution in [2.24, 2.45) is 0 Å². The number of hydrogen-bond acceptors (Lipinski definition) is 5. The third kappa shape index (κ3) is 3.26. The van der Waals surface area contributed by atoms with E-state index in [4.69, 9.17) is 9.31 Å². The van der Waals surface area contributed by atoms with Gasteiger partial charge in [-0.05, 0) is 51.3 Å². The SMILES string of the molecule is CC1(C)OB(c2cc3ccc(NS(C)(=O)=O)cc3cn2)OC1(C)C.[HH]. The monoisotopic (exact) mass is 350 g/mol. The van der Waals surface area contributed by atoms with Crippen molar-refractivity contribution in [3.05, 3.63) is 30.5 Å². The zero-order valence-corrected chi connectivity index (χ0v) is 15.3. The molecule has 1 saturated heterocycles. The third-order valence-electron chi connectivity index (χ3n) is 4.54. The van der Waals surface area contributed by atoms with Gasteiger partial charge >= 0.3 is 7.12 Å². The Morgan fingerprint density at radius 2 is 1.71 bits per heavy atom. The first-order valence-electron chi connectivity index (χ1n) is 7.70. The summed E-state index contributed by atoms with van der Waals surface area (Å²) in [7, 11) is -3.82. The topological polar surface area (TPSA) is 77.5 Å². The number of benzene rings is 1. The molecule has 3 rings (SSSR count). The molecule has 0 aliphatic carbocycles. The first-order valence-corrected chi connectivity index (χ1v) is 9.59. The zero-order chi connectivity index (χ0) is 17.8. The molecule has 24 heavy (non-hydrogen) atoms. The summed E-state index contributed by atoms with van der Waals surface area (Å²) in [6.07, 6.45) is 2.82. The van der Waals surface area contributed by atoms with Crippen LogP contribution in [0.2, 0.25) is 0 Å². The van der Waals surface area contributed by atoms with Crippen LogP contribution in [0.5, 0.6) is 0 Å². The van der Waals surface area contributed by atoms with Crippen molar-refractivity contribution >= 4 is 39.2 Å². The lowest BCUT2D eigenvalue weighted by atomic mass is 9.83. The van der Waals surface area contributed by atoms with E-state index in [2.05, 4.69) is 9.71 Å². The first kappa shape index (κ1) is 17.2. The van der Waals surface area contributed by atoms with E-state index in [0.29, 0.717) is 11.3 Å². The van der Waals surface area contributed by atoms with Gasteiger partial charge in [0.05, 0.1) is 23.1 Å². The Hall–Kier alpha value is -1.64. The lowest BCUT2D eigenvalue weighted by Gasteiger charge is -2.32. The quantitative estimate of drug-likeness (QED) is 0.859. The number of nitrogens with zero attached hydrogens (tertiary/aromatic N) is 1. The maximum Gasteiger partial charge on any atom is 0.514 e. The average Bonchev–Trinajstić information content (AvgIpc) is 2.65. The number of hydrogen-bond donors (Lipinski definition) is 1. The van der Waals surface area contributed by atoms with Crippen LogP contribution >= 0.6 is 0 Å². The molecule has 0 unspecified atom stereocenters. The predicted octanol–water partition coefficient (Wildman–Crippen LogP) is 2.15. The lowest BCUT2D eigenvalue weighted by molar-refractivity contribution is 0.00578. The Bertz CT molecular complexity index is 886. The van der Waals surface area contributed by atoms with Crippen molar-refractivity contribution < 1.29 is 19.2 Å². The molecule has 0 amide bonds. The van der Waals surface area contributed by atoms with E-state index < -0.39 is 28.3 Å². The second-order valence-corrected chi connectivity index (χ2v) is 8.88. The molecule has 0 radical (unpaired) electrons. The van der Waals surface area contributed by atoms with Crippen molar-refractivity contribution in [3.8, 4) is 0 Å². The van der Waals surface area contributed by atoms with E-state index in [0.717, 1.165) is 17.0 Å². The minimum absolute atomic E-state index is 0. The molecule has 0 atom stereocenters. The maximum absolute atomic E-state index is 11.3. The number of anilines is 1. The van der Waals surface area contributed by atoms with Crippen LogP contribution in [0.3, 0.4) is 0 Å². The highest BCUT2D eigenvalue weighted by Gasteiger charge is 2.52. The van der Waals surface area contributed by atoms with E-state index in [1.165, 1.54) is 0 Å². The number of aromatic nitrogens is 1. The number of pyridine rings is 1. The van der Waals surface area contributed by atoms with Crippen molar-refractivity contribution in [3.63, 3.8) is 0 Å². The number of nitrogens with one attached hydrogen (secondary N) is 1. The smallest absolute Gasteiger partial charge is 0.398 e. The summed E-state index contributed by atoms with van der Waals surface area (Å²) in [6.45, 7) is 7.99. The van der Waals surface area contributed by atoms with E-state index in [1.54, 1.807) is 18.3 Å². The second-order valence-electron chi connectivity index (χ2n) is 7.13. The van der Waals surface area contributed by atoms with E-state index in [1.807, 2.05) is 39.8 Å². The Labute approximate surface area is 144 Å². The van der Waals surface area contributed by atoms with Crippen LogP contribution in [0, 0.1) is 0 Å². The second kappa shape index (κ2) is 5.44. The van der Waals surface area contributed by atoms with Gasteiger partial charge < -0.3 is 9.31 Å². The summed E-state index contributed by atoms with van der Waals surface area (Å²) in [4.78, 5) is 4.43. The molecule has 8 heteroatoms. The number of sulfonamides is 1. The van der Waals surface area contributed by atoms with Crippen molar-refractivity contribution in [1.29, 1.82) is 0 Å². The van der Waals surface area contributed by atoms with Gasteiger partial charge in [-0.2, -0.15) is 0 Å². The molecule has 6 nitrogen and oxygen atoms in total. The summed E-state index contributed by atoms with van der Waals surface area (Å²) in [5.41, 5.74) is 0.370. The predicted molar refractivity (Wildman–Crippen MR) is 98.0 cm³/mol. The van der Waals surface area contributed by atoms with Crippen molar-refractivity contribution in [2.45, 2.75) is 38.9 Å². The van der Waals surface area contributed by atoms with Gasteiger partial charge in [-0.15, -0.1) is 0 Å². The summed E-state index contributed by atoms with van der Waals surface area (Å²) < 4.78 is 37.1. The molecule has 2 aromatic rings. The summed E-state index contributed by atoms with van der Waals surface area (Å²) in [5.74, 6) is 0. The highest BCUT2D eigenvalue weighted by molar-refractivity contribution is 7.92. The Balaban J connectivity index is 0.00000225. The minimum Gasteiger partial charge on any atom is -0.398 e. The fourth-order valence-electron chi connectivity index (χ4n) is 2.53. The normalized spacial score (nSPS) is 19.6. The van der Waals surface area contributed by atoms with Gasteiger partial charge in [0.15, 0.2) is 0 Å². The van der Waals surface area contributed by atoms with Crippen LogP contribution in [-0.2, 0) is 19.3 Å². The van der Waals surface area contributed by atoms with Crippen LogP contribution < -0.4 is 10.3 Å². The molecule has 2 heterocycles. The lowest BCUT2D eigenvalue weighted by Crippen LogP contribution is -2.41. The molecular weight excluding hydrogens is 327 g/mol. The Morgan fingerprint density at radius 3 is 2.29 bits per heavy atom. The number of rotatable bonds is 3. The fourth-order valence-corrected chi connectivity index (χ4v) is 3.08. The highest BCUT2D eigenvalue weighted by atomic mass is 32.2. The molecule has 1 aliphatic rings. The standard InChI is InChI=1S/C16H21BN2O4S.H2/c1-15(2)16(3,4)23-17(22-15)14-9-11-6-7-13(19-24(5,20)21)8-12(11)10-18-14;/h6-10,19H,1-5H3;1H. The average molecular weight is 350 g/mol.